The van der Waals surface area contributed by atoms with Gasteiger partial charge in [0.1, 0.15) is 0 Å². The van der Waals surface area contributed by atoms with E-state index in [1.807, 2.05) is 17.2 Å². The lowest BCUT2D eigenvalue weighted by atomic mass is 10.1. The minimum atomic E-state index is 0.154. The van der Waals surface area contributed by atoms with Crippen molar-refractivity contribution in [2.45, 2.75) is 32.7 Å². The van der Waals surface area contributed by atoms with Crippen LogP contribution in [0.15, 0.2) is 18.3 Å². The molecule has 1 aliphatic heterocycles. The highest BCUT2D eigenvalue weighted by Gasteiger charge is 2.28. The summed E-state index contributed by atoms with van der Waals surface area (Å²) >= 11 is 0. The Morgan fingerprint density at radius 2 is 2.40 bits per heavy atom. The zero-order chi connectivity index (χ0) is 10.8. The number of hydrogen-bond acceptors (Lipinski definition) is 2. The Kier molecular flexibility index (Phi) is 2.71. The van der Waals surface area contributed by atoms with Crippen LogP contribution in [-0.2, 0) is 4.79 Å². The Morgan fingerprint density at radius 3 is 3.07 bits per heavy atom. The van der Waals surface area contributed by atoms with Gasteiger partial charge in [-0.1, -0.05) is 0 Å². The van der Waals surface area contributed by atoms with E-state index in [0.29, 0.717) is 0 Å². The molecule has 0 unspecified atom stereocenters. The van der Waals surface area contributed by atoms with Crippen LogP contribution in [0.3, 0.4) is 0 Å². The third-order valence-corrected chi connectivity index (χ3v) is 2.94. The summed E-state index contributed by atoms with van der Waals surface area (Å²) < 4.78 is 0. The van der Waals surface area contributed by atoms with Gasteiger partial charge in [0.2, 0.25) is 5.91 Å². The fraction of sp³-hybridized carbons (Fsp3) is 0.500. The topological polar surface area (TPSA) is 33.2 Å². The van der Waals surface area contributed by atoms with Gasteiger partial charge in [0.15, 0.2) is 0 Å². The average molecular weight is 204 g/mol. The number of aromatic nitrogens is 1. The van der Waals surface area contributed by atoms with E-state index in [2.05, 4.69) is 18.0 Å². The Labute approximate surface area is 90.1 Å². The molecule has 0 aromatic carbocycles. The summed E-state index contributed by atoms with van der Waals surface area (Å²) in [6.07, 6.45) is 3.94. The second kappa shape index (κ2) is 4.01. The van der Waals surface area contributed by atoms with E-state index in [4.69, 9.17) is 0 Å². The molecule has 0 radical (unpaired) electrons. The summed E-state index contributed by atoms with van der Waals surface area (Å²) in [5.74, 6) is 0.154. The molecule has 0 bridgehead atoms. The van der Waals surface area contributed by atoms with Gasteiger partial charge < -0.3 is 4.90 Å². The zero-order valence-electron chi connectivity index (χ0n) is 9.23. The number of hydrogen-bond donors (Lipinski definition) is 0. The molecule has 3 nitrogen and oxygen atoms in total. The second-order valence-corrected chi connectivity index (χ2v) is 4.13. The molecule has 1 fully saturated rings. The van der Waals surface area contributed by atoms with Crippen molar-refractivity contribution >= 4 is 5.91 Å². The molecular formula is C12H16N2O. The fourth-order valence-corrected chi connectivity index (χ4v) is 2.19. The van der Waals surface area contributed by atoms with Crippen molar-refractivity contribution in [2.75, 3.05) is 6.54 Å². The standard InChI is InChI=1S/C12H16N2O/c1-9-5-6-13-11(8-9)12-4-3-7-14(12)10(2)15/h5-6,8,12H,3-4,7H2,1-2H3/t12-/m1/s1. The number of carbonyl (C=O) groups excluding carboxylic acids is 1. The highest BCUT2D eigenvalue weighted by atomic mass is 16.2. The molecule has 2 heterocycles. The van der Waals surface area contributed by atoms with Crippen LogP contribution < -0.4 is 0 Å². The van der Waals surface area contributed by atoms with Gasteiger partial charge in [-0.3, -0.25) is 9.78 Å². The van der Waals surface area contributed by atoms with Gasteiger partial charge in [-0.15, -0.1) is 0 Å². The summed E-state index contributed by atoms with van der Waals surface area (Å²) in [5.41, 5.74) is 2.23. The molecule has 1 aromatic heterocycles. The third-order valence-electron chi connectivity index (χ3n) is 2.94. The zero-order valence-corrected chi connectivity index (χ0v) is 9.23. The van der Waals surface area contributed by atoms with Gasteiger partial charge in [0, 0.05) is 19.7 Å². The minimum absolute atomic E-state index is 0.154. The van der Waals surface area contributed by atoms with Crippen LogP contribution >= 0.6 is 0 Å². The smallest absolute Gasteiger partial charge is 0.220 e. The monoisotopic (exact) mass is 204 g/mol. The van der Waals surface area contributed by atoms with Crippen molar-refractivity contribution in [3.8, 4) is 0 Å². The molecule has 2 rings (SSSR count). The van der Waals surface area contributed by atoms with Gasteiger partial charge in [0.25, 0.3) is 0 Å². The highest BCUT2D eigenvalue weighted by Crippen LogP contribution is 2.30. The summed E-state index contributed by atoms with van der Waals surface area (Å²) in [5, 5.41) is 0. The van der Waals surface area contributed by atoms with Crippen LogP contribution in [0.1, 0.15) is 37.1 Å². The Morgan fingerprint density at radius 1 is 1.60 bits per heavy atom. The quantitative estimate of drug-likeness (QED) is 0.701. The van der Waals surface area contributed by atoms with Gasteiger partial charge in [-0.05, 0) is 37.5 Å². The van der Waals surface area contributed by atoms with Crippen molar-refractivity contribution in [1.82, 2.24) is 9.88 Å². The maximum Gasteiger partial charge on any atom is 0.220 e. The number of amides is 1. The van der Waals surface area contributed by atoms with E-state index in [0.717, 1.165) is 25.1 Å². The van der Waals surface area contributed by atoms with Crippen LogP contribution in [-0.4, -0.2) is 22.3 Å². The van der Waals surface area contributed by atoms with Gasteiger partial charge in [-0.25, -0.2) is 0 Å². The largest absolute Gasteiger partial charge is 0.334 e. The average Bonchev–Trinajstić information content (AvgIpc) is 2.65. The fourth-order valence-electron chi connectivity index (χ4n) is 2.19. The molecular weight excluding hydrogens is 188 g/mol. The molecule has 1 saturated heterocycles. The van der Waals surface area contributed by atoms with Crippen molar-refractivity contribution in [3.63, 3.8) is 0 Å². The Balaban J connectivity index is 2.26. The number of rotatable bonds is 1. The van der Waals surface area contributed by atoms with Crippen molar-refractivity contribution in [1.29, 1.82) is 0 Å². The van der Waals surface area contributed by atoms with E-state index >= 15 is 0 Å². The number of likely N-dealkylation sites (tertiary alicyclic amines) is 1. The minimum Gasteiger partial charge on any atom is -0.334 e. The lowest BCUT2D eigenvalue weighted by molar-refractivity contribution is -0.129. The molecule has 0 saturated carbocycles. The first-order chi connectivity index (χ1) is 7.18. The van der Waals surface area contributed by atoms with Crippen LogP contribution in [0.4, 0.5) is 0 Å². The first-order valence-electron chi connectivity index (χ1n) is 5.38. The first kappa shape index (κ1) is 10.1. The third kappa shape index (κ3) is 2.01. The van der Waals surface area contributed by atoms with Crippen LogP contribution in [0.2, 0.25) is 0 Å². The van der Waals surface area contributed by atoms with E-state index in [-0.39, 0.29) is 11.9 Å². The molecule has 1 atom stereocenters. The SMILES string of the molecule is CC(=O)N1CCC[C@@H]1c1cc(C)ccn1. The predicted octanol–water partition coefficient (Wildman–Crippen LogP) is 2.07. The van der Waals surface area contributed by atoms with Gasteiger partial charge >= 0.3 is 0 Å². The lowest BCUT2D eigenvalue weighted by Crippen LogP contribution is -2.28. The molecule has 1 aliphatic rings. The molecule has 80 valence electrons. The maximum atomic E-state index is 11.4. The lowest BCUT2D eigenvalue weighted by Gasteiger charge is -2.22. The van der Waals surface area contributed by atoms with Gasteiger partial charge in [-0.2, -0.15) is 0 Å². The number of carbonyl (C=O) groups is 1. The molecule has 0 aliphatic carbocycles. The predicted molar refractivity (Wildman–Crippen MR) is 58.3 cm³/mol. The van der Waals surface area contributed by atoms with Crippen LogP contribution in [0.5, 0.6) is 0 Å². The summed E-state index contributed by atoms with van der Waals surface area (Å²) in [6, 6.07) is 4.25. The molecule has 3 heteroatoms. The number of pyridine rings is 1. The van der Waals surface area contributed by atoms with Crippen LogP contribution in [0.25, 0.3) is 0 Å². The van der Waals surface area contributed by atoms with Crippen molar-refractivity contribution in [2.24, 2.45) is 0 Å². The van der Waals surface area contributed by atoms with Crippen molar-refractivity contribution in [3.05, 3.63) is 29.6 Å². The Bertz CT molecular complexity index is 376. The highest BCUT2D eigenvalue weighted by molar-refractivity contribution is 5.74. The van der Waals surface area contributed by atoms with E-state index < -0.39 is 0 Å². The number of aryl methyl sites for hydroxylation is 1. The van der Waals surface area contributed by atoms with Crippen LogP contribution in [0, 0.1) is 6.92 Å². The summed E-state index contributed by atoms with van der Waals surface area (Å²) in [7, 11) is 0. The Hall–Kier alpha value is -1.38. The van der Waals surface area contributed by atoms with E-state index in [1.54, 1.807) is 6.92 Å². The summed E-state index contributed by atoms with van der Waals surface area (Å²) in [4.78, 5) is 17.7. The summed E-state index contributed by atoms with van der Waals surface area (Å²) in [6.45, 7) is 4.56. The molecule has 1 amide bonds. The first-order valence-corrected chi connectivity index (χ1v) is 5.38. The van der Waals surface area contributed by atoms with Gasteiger partial charge in [0.05, 0.1) is 11.7 Å². The molecule has 15 heavy (non-hydrogen) atoms. The second-order valence-electron chi connectivity index (χ2n) is 4.13. The molecule has 0 N–H and O–H groups in total. The van der Waals surface area contributed by atoms with E-state index in [9.17, 15) is 4.79 Å². The van der Waals surface area contributed by atoms with E-state index in [1.165, 1.54) is 5.56 Å². The normalized spacial score (nSPS) is 20.7. The maximum absolute atomic E-state index is 11.4. The molecule has 0 spiro atoms. The molecule has 1 aromatic rings. The number of nitrogens with zero attached hydrogens (tertiary/aromatic N) is 2. The van der Waals surface area contributed by atoms with Crippen molar-refractivity contribution < 1.29 is 4.79 Å².